The molecule has 29 heavy (non-hydrogen) atoms. The molecule has 3 nitrogen and oxygen atoms in total. The van der Waals surface area contributed by atoms with Gasteiger partial charge in [-0.05, 0) is 79.4 Å². The maximum Gasteiger partial charge on any atom is 0.237 e. The fraction of sp³-hybridized carbons (Fsp3) is 0.680. The van der Waals surface area contributed by atoms with Crippen LogP contribution in [0.4, 0.5) is 0 Å². The number of carbonyl (C=O) groups is 1. The van der Waals surface area contributed by atoms with Crippen molar-refractivity contribution in [1.29, 1.82) is 5.26 Å². The molecule has 3 saturated carbocycles. The third-order valence-electron chi connectivity index (χ3n) is 8.65. The molecule has 0 aromatic heterocycles. The normalized spacial score (nSPS) is 41.2. The van der Waals surface area contributed by atoms with Gasteiger partial charge in [0.05, 0.1) is 6.07 Å². The summed E-state index contributed by atoms with van der Waals surface area (Å²) >= 11 is 2.09. The van der Waals surface area contributed by atoms with Gasteiger partial charge in [0, 0.05) is 22.1 Å². The number of nitriles is 1. The highest BCUT2D eigenvalue weighted by Crippen LogP contribution is 2.61. The van der Waals surface area contributed by atoms with Gasteiger partial charge in [0.1, 0.15) is 5.92 Å². The summed E-state index contributed by atoms with van der Waals surface area (Å²) < 4.78 is 0. The molecule has 1 aromatic rings. The van der Waals surface area contributed by atoms with Crippen molar-refractivity contribution < 1.29 is 4.79 Å². The van der Waals surface area contributed by atoms with Gasteiger partial charge in [-0.2, -0.15) is 5.26 Å². The van der Waals surface area contributed by atoms with E-state index < -0.39 is 5.92 Å². The maximum absolute atomic E-state index is 12.3. The van der Waals surface area contributed by atoms with Crippen molar-refractivity contribution in [3.8, 4) is 6.07 Å². The van der Waals surface area contributed by atoms with Gasteiger partial charge in [-0.15, -0.1) is 11.8 Å². The number of nitrogens with zero attached hydrogens (tertiary/aromatic N) is 1. The number of rotatable bonds is 4. The summed E-state index contributed by atoms with van der Waals surface area (Å²) in [7, 11) is 0. The molecule has 0 bridgehead atoms. The molecule has 5 rings (SSSR count). The molecule has 3 aliphatic carbocycles. The average Bonchev–Trinajstić information content (AvgIpc) is 3.24. The van der Waals surface area contributed by atoms with Gasteiger partial charge >= 0.3 is 0 Å². The van der Waals surface area contributed by atoms with E-state index in [9.17, 15) is 10.1 Å². The van der Waals surface area contributed by atoms with E-state index in [-0.39, 0.29) is 17.9 Å². The van der Waals surface area contributed by atoms with E-state index in [1.165, 1.54) is 49.0 Å². The fourth-order valence-electron chi connectivity index (χ4n) is 7.21. The standard InChI is InChI=1S/C25H32N2OS/c1-3-14(2)15-7-9-16(10-8-15)29-21-12-11-18-22-17(21)5-4-6-19(22)24-23(18)20(13-26)25(28)27-24/h7-10,14,17-24H,3-6,11-12H2,1-2H3,(H,27,28). The number of fused-ring (bicyclic) bond motifs is 3. The number of thioether (sulfide) groups is 1. The molecular formula is C25H32N2OS. The molecule has 9 unspecified atom stereocenters. The minimum atomic E-state index is -0.409. The van der Waals surface area contributed by atoms with Crippen molar-refractivity contribution in [2.24, 2.45) is 35.5 Å². The number of nitrogens with one attached hydrogen (secondary N) is 1. The lowest BCUT2D eigenvalue weighted by atomic mass is 9.63. The average molecular weight is 409 g/mol. The highest BCUT2D eigenvalue weighted by atomic mass is 32.2. The summed E-state index contributed by atoms with van der Waals surface area (Å²) in [5, 5.41) is 13.6. The van der Waals surface area contributed by atoms with Crippen molar-refractivity contribution in [1.82, 2.24) is 5.32 Å². The van der Waals surface area contributed by atoms with Crippen LogP contribution in [-0.2, 0) is 4.79 Å². The van der Waals surface area contributed by atoms with Gasteiger partial charge in [0.25, 0.3) is 0 Å². The van der Waals surface area contributed by atoms with Gasteiger partial charge in [-0.3, -0.25) is 4.79 Å². The van der Waals surface area contributed by atoms with Crippen LogP contribution in [0, 0.1) is 46.8 Å². The van der Waals surface area contributed by atoms with E-state index in [1.54, 1.807) is 0 Å². The topological polar surface area (TPSA) is 52.9 Å². The van der Waals surface area contributed by atoms with E-state index in [4.69, 9.17) is 0 Å². The maximum atomic E-state index is 12.3. The fourth-order valence-corrected chi connectivity index (χ4v) is 8.60. The first-order valence-electron chi connectivity index (χ1n) is 11.6. The number of carbonyl (C=O) groups excluding carboxylic acids is 1. The van der Waals surface area contributed by atoms with Crippen molar-refractivity contribution in [2.45, 2.75) is 74.5 Å². The second-order valence-electron chi connectivity index (χ2n) is 9.83. The smallest absolute Gasteiger partial charge is 0.237 e. The minimum Gasteiger partial charge on any atom is -0.352 e. The Morgan fingerprint density at radius 1 is 1.10 bits per heavy atom. The van der Waals surface area contributed by atoms with Crippen LogP contribution >= 0.6 is 11.8 Å². The van der Waals surface area contributed by atoms with E-state index in [0.717, 1.165) is 5.92 Å². The third-order valence-corrected chi connectivity index (χ3v) is 10.1. The van der Waals surface area contributed by atoms with Gasteiger partial charge in [0.2, 0.25) is 5.91 Å². The number of amides is 1. The Kier molecular flexibility index (Phi) is 5.14. The van der Waals surface area contributed by atoms with Gasteiger partial charge in [-0.1, -0.05) is 32.4 Å². The van der Waals surface area contributed by atoms with Gasteiger partial charge in [0.15, 0.2) is 0 Å². The molecule has 0 radical (unpaired) electrons. The van der Waals surface area contributed by atoms with E-state index in [2.05, 4.69) is 61.3 Å². The van der Waals surface area contributed by atoms with Crippen molar-refractivity contribution >= 4 is 17.7 Å². The van der Waals surface area contributed by atoms with Crippen LogP contribution in [0.15, 0.2) is 29.2 Å². The van der Waals surface area contributed by atoms with E-state index >= 15 is 0 Å². The monoisotopic (exact) mass is 408 g/mol. The van der Waals surface area contributed by atoms with Crippen LogP contribution < -0.4 is 5.32 Å². The zero-order valence-electron chi connectivity index (χ0n) is 17.5. The van der Waals surface area contributed by atoms with Crippen LogP contribution in [0.3, 0.4) is 0 Å². The molecule has 1 amide bonds. The summed E-state index contributed by atoms with van der Waals surface area (Å²) in [6, 6.07) is 11.9. The van der Waals surface area contributed by atoms with Crippen molar-refractivity contribution in [2.75, 3.05) is 0 Å². The molecule has 9 atom stereocenters. The predicted octanol–water partition coefficient (Wildman–Crippen LogP) is 5.37. The molecule has 1 N–H and O–H groups in total. The largest absolute Gasteiger partial charge is 0.352 e. The lowest BCUT2D eigenvalue weighted by molar-refractivity contribution is -0.122. The Labute approximate surface area is 179 Å². The summed E-state index contributed by atoms with van der Waals surface area (Å²) in [5.41, 5.74) is 1.44. The molecule has 1 aromatic carbocycles. The molecule has 4 fully saturated rings. The zero-order chi connectivity index (χ0) is 20.1. The second-order valence-corrected chi connectivity index (χ2v) is 11.1. The Morgan fingerprint density at radius 3 is 2.59 bits per heavy atom. The molecule has 1 heterocycles. The lowest BCUT2D eigenvalue weighted by Gasteiger charge is -2.46. The van der Waals surface area contributed by atoms with Crippen LogP contribution in [0.5, 0.6) is 0 Å². The van der Waals surface area contributed by atoms with Crippen LogP contribution in [0.1, 0.15) is 63.9 Å². The molecule has 1 aliphatic heterocycles. The Hall–Kier alpha value is -1.47. The first kappa shape index (κ1) is 19.5. The first-order valence-corrected chi connectivity index (χ1v) is 12.5. The van der Waals surface area contributed by atoms with Gasteiger partial charge in [-0.25, -0.2) is 0 Å². The molecule has 4 heteroatoms. The molecule has 0 spiro atoms. The lowest BCUT2D eigenvalue weighted by Crippen LogP contribution is -2.43. The number of benzene rings is 1. The van der Waals surface area contributed by atoms with Crippen LogP contribution in [-0.4, -0.2) is 17.2 Å². The molecule has 154 valence electrons. The molecule has 1 saturated heterocycles. The SMILES string of the molecule is CCC(C)c1ccc(SC2CCC3C4C2CCCC4C2NC(=O)C(C#N)C32)cc1. The minimum absolute atomic E-state index is 0.000898. The highest BCUT2D eigenvalue weighted by Gasteiger charge is 2.62. The Morgan fingerprint density at radius 2 is 1.86 bits per heavy atom. The quantitative estimate of drug-likeness (QED) is 0.728. The van der Waals surface area contributed by atoms with Gasteiger partial charge < -0.3 is 5.32 Å². The summed E-state index contributed by atoms with van der Waals surface area (Å²) in [6.07, 6.45) is 7.44. The summed E-state index contributed by atoms with van der Waals surface area (Å²) in [5.74, 6) is 3.11. The van der Waals surface area contributed by atoms with Crippen molar-refractivity contribution in [3.05, 3.63) is 29.8 Å². The Bertz CT molecular complexity index is 815. The van der Waals surface area contributed by atoms with Crippen molar-refractivity contribution in [3.63, 3.8) is 0 Å². The Balaban J connectivity index is 1.35. The predicted molar refractivity (Wildman–Crippen MR) is 116 cm³/mol. The zero-order valence-corrected chi connectivity index (χ0v) is 18.3. The van der Waals surface area contributed by atoms with E-state index in [1.807, 2.05) is 0 Å². The summed E-state index contributed by atoms with van der Waals surface area (Å²) in [6.45, 7) is 4.55. The molecular weight excluding hydrogens is 376 g/mol. The second kappa shape index (κ2) is 7.65. The summed E-state index contributed by atoms with van der Waals surface area (Å²) in [4.78, 5) is 13.7. The first-order chi connectivity index (χ1) is 14.1. The van der Waals surface area contributed by atoms with Crippen LogP contribution in [0.25, 0.3) is 0 Å². The number of hydrogen-bond donors (Lipinski definition) is 1. The number of hydrogen-bond acceptors (Lipinski definition) is 3. The van der Waals surface area contributed by atoms with Crippen LogP contribution in [0.2, 0.25) is 0 Å². The highest BCUT2D eigenvalue weighted by molar-refractivity contribution is 8.00. The molecule has 4 aliphatic rings. The van der Waals surface area contributed by atoms with E-state index in [0.29, 0.717) is 28.9 Å². The third kappa shape index (κ3) is 3.12.